The molecule has 0 bridgehead atoms. The summed E-state index contributed by atoms with van der Waals surface area (Å²) >= 11 is 0. The van der Waals surface area contributed by atoms with Crippen LogP contribution in [-0.4, -0.2) is 17.1 Å². The number of hydrogen-bond acceptors (Lipinski definition) is 2. The topological polar surface area (TPSA) is 26.3 Å². The predicted molar refractivity (Wildman–Crippen MR) is 96.1 cm³/mol. The Bertz CT molecular complexity index is 400. The molecule has 0 saturated carbocycles. The van der Waals surface area contributed by atoms with Crippen LogP contribution in [0.3, 0.4) is 0 Å². The van der Waals surface area contributed by atoms with Crippen LogP contribution in [0.25, 0.3) is 0 Å². The van der Waals surface area contributed by atoms with Gasteiger partial charge in [-0.15, -0.1) is 0 Å². The lowest BCUT2D eigenvalue weighted by Crippen LogP contribution is -1.97. The van der Waals surface area contributed by atoms with Crippen LogP contribution in [0, 0.1) is 0 Å². The zero-order valence-corrected chi connectivity index (χ0v) is 15.1. The van der Waals surface area contributed by atoms with Gasteiger partial charge in [0.1, 0.15) is 5.75 Å². The maximum absolute atomic E-state index is 11.3. The molecule has 0 aliphatic rings. The second kappa shape index (κ2) is 12.7. The van der Waals surface area contributed by atoms with Crippen molar-refractivity contribution in [2.45, 2.75) is 76.0 Å². The highest BCUT2D eigenvalue weighted by Gasteiger charge is 1.98. The third-order valence-corrected chi connectivity index (χ3v) is 4.86. The second-order valence-electron chi connectivity index (χ2n) is 5.96. The Hall–Kier alpha value is -0.830. The Morgan fingerprint density at radius 2 is 1.32 bits per heavy atom. The lowest BCUT2D eigenvalue weighted by molar-refractivity contribution is 0.304. The fourth-order valence-corrected chi connectivity index (χ4v) is 3.03. The third kappa shape index (κ3) is 9.24. The van der Waals surface area contributed by atoms with Crippen molar-refractivity contribution in [3.63, 3.8) is 0 Å². The number of rotatable bonds is 13. The third-order valence-electron chi connectivity index (χ3n) is 3.92. The minimum atomic E-state index is -0.908. The highest BCUT2D eigenvalue weighted by molar-refractivity contribution is 7.84. The van der Waals surface area contributed by atoms with E-state index in [0.717, 1.165) is 23.7 Å². The molecule has 126 valence electrons. The fraction of sp³-hybridized carbons (Fsp3) is 0.684. The Morgan fingerprint density at radius 3 is 1.82 bits per heavy atom. The number of ether oxygens (including phenoxy) is 1. The molecule has 1 rings (SSSR count). The average Bonchev–Trinajstić information content (AvgIpc) is 2.53. The van der Waals surface area contributed by atoms with Crippen LogP contribution in [0.1, 0.15) is 71.1 Å². The molecule has 0 N–H and O–H groups in total. The summed E-state index contributed by atoms with van der Waals surface area (Å²) in [6.07, 6.45) is 15.1. The Kier molecular flexibility index (Phi) is 11.1. The second-order valence-corrected chi connectivity index (χ2v) is 7.34. The maximum Gasteiger partial charge on any atom is 0.119 e. The fourth-order valence-electron chi connectivity index (χ4n) is 2.51. The molecule has 1 atom stereocenters. The number of hydrogen-bond donors (Lipinski definition) is 0. The van der Waals surface area contributed by atoms with Crippen LogP contribution in [-0.2, 0) is 10.8 Å². The minimum absolute atomic E-state index is 0.783. The zero-order valence-electron chi connectivity index (χ0n) is 14.3. The van der Waals surface area contributed by atoms with Gasteiger partial charge < -0.3 is 4.74 Å². The summed E-state index contributed by atoms with van der Waals surface area (Å²) in [5, 5.41) is 0. The van der Waals surface area contributed by atoms with Crippen molar-refractivity contribution in [2.24, 2.45) is 0 Å². The molecule has 0 unspecified atom stereocenters. The van der Waals surface area contributed by atoms with E-state index in [1.165, 1.54) is 57.8 Å². The van der Waals surface area contributed by atoms with Gasteiger partial charge in [-0.25, -0.2) is 0 Å². The van der Waals surface area contributed by atoms with Gasteiger partial charge in [-0.2, -0.15) is 0 Å². The molecule has 0 aliphatic carbocycles. The average molecular weight is 325 g/mol. The summed E-state index contributed by atoms with van der Waals surface area (Å²) in [6.45, 7) is 3.05. The van der Waals surface area contributed by atoms with Gasteiger partial charge in [0, 0.05) is 22.0 Å². The van der Waals surface area contributed by atoms with E-state index in [-0.39, 0.29) is 0 Å². The molecule has 0 aromatic heterocycles. The smallest absolute Gasteiger partial charge is 0.119 e. The van der Waals surface area contributed by atoms with Crippen LogP contribution in [0.2, 0.25) is 0 Å². The first kappa shape index (κ1) is 19.2. The molecule has 3 heteroatoms. The summed E-state index contributed by atoms with van der Waals surface area (Å²) in [7, 11) is -0.908. The highest BCUT2D eigenvalue weighted by Crippen LogP contribution is 2.15. The van der Waals surface area contributed by atoms with Crippen molar-refractivity contribution >= 4 is 10.8 Å². The molecule has 0 saturated heterocycles. The van der Waals surface area contributed by atoms with E-state index in [0.29, 0.717) is 0 Å². The number of benzene rings is 1. The summed E-state index contributed by atoms with van der Waals surface area (Å²) in [4.78, 5) is 0.853. The van der Waals surface area contributed by atoms with Crippen molar-refractivity contribution in [2.75, 3.05) is 12.9 Å². The van der Waals surface area contributed by atoms with Crippen molar-refractivity contribution in [3.8, 4) is 5.75 Å². The van der Waals surface area contributed by atoms with Gasteiger partial charge in [0.15, 0.2) is 0 Å². The van der Waals surface area contributed by atoms with Crippen LogP contribution in [0.5, 0.6) is 5.75 Å². The van der Waals surface area contributed by atoms with E-state index in [1.807, 2.05) is 24.3 Å². The molecule has 0 spiro atoms. The Morgan fingerprint density at radius 1 is 0.818 bits per heavy atom. The lowest BCUT2D eigenvalue weighted by atomic mass is 10.1. The van der Waals surface area contributed by atoms with Gasteiger partial charge in [-0.3, -0.25) is 4.21 Å². The van der Waals surface area contributed by atoms with Gasteiger partial charge in [-0.1, -0.05) is 64.7 Å². The molecule has 0 fully saturated rings. The predicted octanol–water partition coefficient (Wildman–Crippen LogP) is 5.72. The SMILES string of the molecule is CCCCCCCCCCCCOc1ccc([S@](C)=O)cc1. The molecule has 0 radical (unpaired) electrons. The monoisotopic (exact) mass is 324 g/mol. The minimum Gasteiger partial charge on any atom is -0.494 e. The van der Waals surface area contributed by atoms with E-state index < -0.39 is 10.8 Å². The van der Waals surface area contributed by atoms with Crippen LogP contribution in [0.4, 0.5) is 0 Å². The lowest BCUT2D eigenvalue weighted by Gasteiger charge is -2.06. The molecule has 1 aromatic rings. The normalized spacial score (nSPS) is 12.3. The first-order valence-electron chi connectivity index (χ1n) is 8.80. The molecule has 22 heavy (non-hydrogen) atoms. The van der Waals surface area contributed by atoms with Crippen LogP contribution in [0.15, 0.2) is 29.2 Å². The van der Waals surface area contributed by atoms with Crippen molar-refractivity contribution in [1.29, 1.82) is 0 Å². The zero-order chi connectivity index (χ0) is 16.0. The first-order valence-corrected chi connectivity index (χ1v) is 10.4. The standard InChI is InChI=1S/C19H32O2S/c1-3-4-5-6-7-8-9-10-11-12-17-21-18-13-15-19(16-14-18)22(2)20/h13-16H,3-12,17H2,1-2H3/t22-/m0/s1. The summed E-state index contributed by atoms with van der Waals surface area (Å²) in [6, 6.07) is 7.58. The Labute approximate surface area is 139 Å². The van der Waals surface area contributed by atoms with Crippen molar-refractivity contribution in [1.82, 2.24) is 0 Å². The molecule has 1 aromatic carbocycles. The van der Waals surface area contributed by atoms with Crippen molar-refractivity contribution in [3.05, 3.63) is 24.3 Å². The highest BCUT2D eigenvalue weighted by atomic mass is 32.2. The molecule has 0 heterocycles. The maximum atomic E-state index is 11.3. The van der Waals surface area contributed by atoms with Crippen LogP contribution < -0.4 is 4.74 Å². The van der Waals surface area contributed by atoms with Gasteiger partial charge in [-0.05, 0) is 30.7 Å². The van der Waals surface area contributed by atoms with E-state index >= 15 is 0 Å². The van der Waals surface area contributed by atoms with E-state index in [4.69, 9.17) is 4.74 Å². The quantitative estimate of drug-likeness (QED) is 0.433. The summed E-state index contributed by atoms with van der Waals surface area (Å²) in [5.74, 6) is 0.880. The van der Waals surface area contributed by atoms with Gasteiger partial charge in [0.2, 0.25) is 0 Å². The first-order chi connectivity index (χ1) is 10.7. The summed E-state index contributed by atoms with van der Waals surface area (Å²) in [5.41, 5.74) is 0. The Balaban J connectivity index is 1.94. The van der Waals surface area contributed by atoms with E-state index in [1.54, 1.807) is 6.26 Å². The number of unbranched alkanes of at least 4 members (excludes halogenated alkanes) is 9. The van der Waals surface area contributed by atoms with Gasteiger partial charge in [0.05, 0.1) is 6.61 Å². The molecular weight excluding hydrogens is 292 g/mol. The molecule has 2 nitrogen and oxygen atoms in total. The molecule has 0 aliphatic heterocycles. The summed E-state index contributed by atoms with van der Waals surface area (Å²) < 4.78 is 17.0. The largest absolute Gasteiger partial charge is 0.494 e. The van der Waals surface area contributed by atoms with Crippen molar-refractivity contribution < 1.29 is 8.95 Å². The van der Waals surface area contributed by atoms with Crippen LogP contribution >= 0.6 is 0 Å². The van der Waals surface area contributed by atoms with Gasteiger partial charge >= 0.3 is 0 Å². The van der Waals surface area contributed by atoms with Gasteiger partial charge in [0.25, 0.3) is 0 Å². The molecule has 0 amide bonds. The van der Waals surface area contributed by atoms with E-state index in [2.05, 4.69) is 6.92 Å². The van der Waals surface area contributed by atoms with E-state index in [9.17, 15) is 4.21 Å². The molecular formula is C19H32O2S.